The zero-order valence-corrected chi connectivity index (χ0v) is 20.3. The predicted octanol–water partition coefficient (Wildman–Crippen LogP) is -0.155. The Morgan fingerprint density at radius 1 is 1.17 bits per heavy atom. The van der Waals surface area contributed by atoms with Crippen LogP contribution in [0.1, 0.15) is 12.5 Å². The van der Waals surface area contributed by atoms with Gasteiger partial charge in [0.2, 0.25) is 0 Å². The Morgan fingerprint density at radius 2 is 1.94 bits per heavy atom. The van der Waals surface area contributed by atoms with Crippen molar-refractivity contribution >= 4 is 23.0 Å². The summed E-state index contributed by atoms with van der Waals surface area (Å²) < 4.78 is 19.4. The molecule has 1 fully saturated rings. The van der Waals surface area contributed by atoms with E-state index < -0.39 is 30.4 Å². The molecule has 12 heteroatoms. The number of carbonyl (C=O) groups is 2. The van der Waals surface area contributed by atoms with Gasteiger partial charge in [0.25, 0.3) is 11.5 Å². The molecule has 36 heavy (non-hydrogen) atoms. The van der Waals surface area contributed by atoms with Gasteiger partial charge in [-0.3, -0.25) is 19.0 Å². The summed E-state index contributed by atoms with van der Waals surface area (Å²) in [6.45, 7) is 2.78. The number of hydrogen-bond donors (Lipinski definition) is 0. The van der Waals surface area contributed by atoms with Gasteiger partial charge in [-0.15, -0.1) is 0 Å². The second-order valence-electron chi connectivity index (χ2n) is 8.53. The molecule has 0 radical (unpaired) electrons. The van der Waals surface area contributed by atoms with E-state index in [2.05, 4.69) is 4.98 Å². The molecule has 0 spiro atoms. The number of ether oxygens (including phenoxy) is 3. The van der Waals surface area contributed by atoms with E-state index in [1.165, 1.54) is 18.0 Å². The number of morpholine rings is 1. The molecule has 0 saturated carbocycles. The topological polar surface area (TPSA) is 127 Å². The van der Waals surface area contributed by atoms with Gasteiger partial charge in [-0.1, -0.05) is 30.3 Å². The van der Waals surface area contributed by atoms with Crippen LogP contribution in [-0.2, 0) is 43.4 Å². The monoisotopic (exact) mass is 499 g/mol. The summed E-state index contributed by atoms with van der Waals surface area (Å²) in [6, 6.07) is 9.24. The maximum atomic E-state index is 13.3. The first kappa shape index (κ1) is 25.3. The maximum Gasteiger partial charge on any atom is 0.333 e. The fourth-order valence-electron chi connectivity index (χ4n) is 4.10. The number of hydrogen-bond acceptors (Lipinski definition) is 8. The van der Waals surface area contributed by atoms with Crippen molar-refractivity contribution in [2.75, 3.05) is 40.0 Å². The second-order valence-corrected chi connectivity index (χ2v) is 8.53. The lowest BCUT2D eigenvalue weighted by Crippen LogP contribution is -2.46. The quantitative estimate of drug-likeness (QED) is 0.372. The molecule has 12 nitrogen and oxygen atoms in total. The SMILES string of the molecule is COCCn1cnc2c1c(=O)n(CC(=O)OCC(=O)N1CCOC(C)C1)c(=O)n2Cc1ccccc1. The normalized spacial score (nSPS) is 15.8. The minimum Gasteiger partial charge on any atom is -0.454 e. The second kappa shape index (κ2) is 11.3. The molecule has 192 valence electrons. The molecular formula is C24H29N5O7. The molecule has 1 aliphatic rings. The molecule has 1 aliphatic heterocycles. The molecule has 1 amide bonds. The third-order valence-corrected chi connectivity index (χ3v) is 5.94. The van der Waals surface area contributed by atoms with E-state index in [4.69, 9.17) is 14.2 Å². The highest BCUT2D eigenvalue weighted by atomic mass is 16.5. The van der Waals surface area contributed by atoms with Crippen molar-refractivity contribution in [1.82, 2.24) is 23.6 Å². The first-order chi connectivity index (χ1) is 17.4. The van der Waals surface area contributed by atoms with Crippen molar-refractivity contribution in [2.45, 2.75) is 32.7 Å². The van der Waals surface area contributed by atoms with Gasteiger partial charge < -0.3 is 23.7 Å². The smallest absolute Gasteiger partial charge is 0.333 e. The molecule has 0 N–H and O–H groups in total. The Kier molecular flexibility index (Phi) is 7.96. The number of fused-ring (bicyclic) bond motifs is 1. The Balaban J connectivity index is 1.61. The zero-order valence-electron chi connectivity index (χ0n) is 20.3. The Morgan fingerprint density at radius 3 is 2.67 bits per heavy atom. The Labute approximate surface area is 206 Å². The van der Waals surface area contributed by atoms with Crippen molar-refractivity contribution < 1.29 is 23.8 Å². The Bertz CT molecular complexity index is 1340. The standard InChI is InChI=1S/C24H29N5O7/c1-17-12-26(9-11-35-17)19(30)15-36-20(31)14-29-23(32)21-22(25-16-27(21)8-10-34-2)28(24(29)33)13-18-6-4-3-5-7-18/h3-7,16-17H,8-15H2,1-2H3. The van der Waals surface area contributed by atoms with Crippen LogP contribution in [0.4, 0.5) is 0 Å². The number of carbonyl (C=O) groups excluding carboxylic acids is 2. The minimum absolute atomic E-state index is 0.102. The van der Waals surface area contributed by atoms with E-state index in [1.54, 1.807) is 9.47 Å². The van der Waals surface area contributed by atoms with Crippen LogP contribution in [0.3, 0.4) is 0 Å². The summed E-state index contributed by atoms with van der Waals surface area (Å²) in [7, 11) is 1.54. The molecule has 1 unspecified atom stereocenters. The molecule has 4 rings (SSSR count). The van der Waals surface area contributed by atoms with Crippen LogP contribution in [0.2, 0.25) is 0 Å². The summed E-state index contributed by atoms with van der Waals surface area (Å²) in [5.74, 6) is -1.22. The van der Waals surface area contributed by atoms with Crippen LogP contribution >= 0.6 is 0 Å². The molecule has 3 aromatic rings. The summed E-state index contributed by atoms with van der Waals surface area (Å²) in [5.41, 5.74) is -0.151. The average Bonchev–Trinajstić information content (AvgIpc) is 3.31. The highest BCUT2D eigenvalue weighted by Gasteiger charge is 2.24. The number of nitrogens with zero attached hydrogens (tertiary/aromatic N) is 5. The molecule has 1 saturated heterocycles. The highest BCUT2D eigenvalue weighted by Crippen LogP contribution is 2.10. The number of rotatable bonds is 9. The van der Waals surface area contributed by atoms with E-state index in [0.717, 1.165) is 10.1 Å². The lowest BCUT2D eigenvalue weighted by atomic mass is 10.2. The number of amides is 1. The molecule has 0 bridgehead atoms. The van der Waals surface area contributed by atoms with Gasteiger partial charge in [0.05, 0.1) is 32.2 Å². The molecule has 0 aliphatic carbocycles. The van der Waals surface area contributed by atoms with Crippen LogP contribution in [0, 0.1) is 0 Å². The van der Waals surface area contributed by atoms with Gasteiger partial charge in [0.15, 0.2) is 17.8 Å². The van der Waals surface area contributed by atoms with Crippen LogP contribution < -0.4 is 11.2 Å². The van der Waals surface area contributed by atoms with Crippen LogP contribution in [0.15, 0.2) is 46.2 Å². The first-order valence-corrected chi connectivity index (χ1v) is 11.7. The fraction of sp³-hybridized carbons (Fsp3) is 0.458. The number of methoxy groups -OCH3 is 1. The van der Waals surface area contributed by atoms with Crippen molar-refractivity contribution in [1.29, 1.82) is 0 Å². The average molecular weight is 500 g/mol. The molecular weight excluding hydrogens is 470 g/mol. The van der Waals surface area contributed by atoms with Crippen LogP contribution in [0.5, 0.6) is 0 Å². The minimum atomic E-state index is -0.863. The van der Waals surface area contributed by atoms with Crippen LogP contribution in [-0.4, -0.2) is 81.6 Å². The van der Waals surface area contributed by atoms with Crippen molar-refractivity contribution in [3.05, 3.63) is 63.1 Å². The fourth-order valence-corrected chi connectivity index (χ4v) is 4.10. The van der Waals surface area contributed by atoms with Gasteiger partial charge in [-0.25, -0.2) is 14.3 Å². The van der Waals surface area contributed by atoms with Gasteiger partial charge in [0, 0.05) is 26.7 Å². The van der Waals surface area contributed by atoms with Gasteiger partial charge >= 0.3 is 11.7 Å². The largest absolute Gasteiger partial charge is 0.454 e. The Hall–Kier alpha value is -3.77. The number of benzene rings is 1. The lowest BCUT2D eigenvalue weighted by molar-refractivity contribution is -0.155. The van der Waals surface area contributed by atoms with Crippen molar-refractivity contribution in [2.24, 2.45) is 0 Å². The predicted molar refractivity (Wildman–Crippen MR) is 129 cm³/mol. The highest BCUT2D eigenvalue weighted by molar-refractivity contribution is 5.81. The van der Waals surface area contributed by atoms with Gasteiger partial charge in [-0.05, 0) is 12.5 Å². The van der Waals surface area contributed by atoms with E-state index in [-0.39, 0.29) is 29.7 Å². The van der Waals surface area contributed by atoms with E-state index >= 15 is 0 Å². The summed E-state index contributed by atoms with van der Waals surface area (Å²) in [6.07, 6.45) is 1.37. The summed E-state index contributed by atoms with van der Waals surface area (Å²) in [4.78, 5) is 57.5. The summed E-state index contributed by atoms with van der Waals surface area (Å²) >= 11 is 0. The van der Waals surface area contributed by atoms with E-state index in [0.29, 0.717) is 32.8 Å². The third kappa shape index (κ3) is 5.55. The van der Waals surface area contributed by atoms with E-state index in [1.807, 2.05) is 37.3 Å². The van der Waals surface area contributed by atoms with Crippen molar-refractivity contribution in [3.8, 4) is 0 Å². The number of esters is 1. The van der Waals surface area contributed by atoms with Gasteiger partial charge in [-0.2, -0.15) is 0 Å². The van der Waals surface area contributed by atoms with Crippen LogP contribution in [0.25, 0.3) is 11.2 Å². The molecule has 1 aromatic carbocycles. The number of aromatic nitrogens is 4. The molecule has 2 aromatic heterocycles. The molecule has 3 heterocycles. The van der Waals surface area contributed by atoms with Gasteiger partial charge in [0.1, 0.15) is 6.54 Å². The summed E-state index contributed by atoms with van der Waals surface area (Å²) in [5, 5.41) is 0. The lowest BCUT2D eigenvalue weighted by Gasteiger charge is -2.30. The molecule has 1 atom stereocenters. The zero-order chi connectivity index (χ0) is 25.7. The van der Waals surface area contributed by atoms with Crippen molar-refractivity contribution in [3.63, 3.8) is 0 Å². The third-order valence-electron chi connectivity index (χ3n) is 5.94. The number of imidazole rings is 1. The van der Waals surface area contributed by atoms with E-state index in [9.17, 15) is 19.2 Å². The maximum absolute atomic E-state index is 13.3. The first-order valence-electron chi connectivity index (χ1n) is 11.7.